The highest BCUT2D eigenvalue weighted by atomic mass is 15.1. The fraction of sp³-hybridized carbons (Fsp3) is 0.464. The molecule has 1 aromatic heterocycles. The smallest absolute Gasteiger partial charge is 0.0485 e. The maximum atomic E-state index is 4.32. The summed E-state index contributed by atoms with van der Waals surface area (Å²) in [5.41, 5.74) is 4.48. The normalized spacial score (nSPS) is 13.4. The summed E-state index contributed by atoms with van der Waals surface area (Å²) in [6, 6.07) is 8.87. The summed E-state index contributed by atoms with van der Waals surface area (Å²) < 4.78 is 2.55. The third kappa shape index (κ3) is 9.52. The minimum atomic E-state index is 1.04. The number of rotatable bonds is 6. The minimum absolute atomic E-state index is 1.04. The van der Waals surface area contributed by atoms with Gasteiger partial charge in [0, 0.05) is 55.1 Å². The van der Waals surface area contributed by atoms with Crippen molar-refractivity contribution in [1.82, 2.24) is 9.47 Å². The van der Waals surface area contributed by atoms with Crippen molar-refractivity contribution in [3.8, 4) is 0 Å². The standard InChI is InChI=1S/C20H27N3.C4H8.C2H6.C2H4/c1-3-4-12-21-13-7-8-14-23-19-10-6-5-9-17(19)18-16-22(2)15-11-20(18)23;1-3-4-2;2*1-2/h4-6,9-10,12-13H,3,7-8,11,14-16H2,1-2H3;3-4H,1-2H3;1-2H3;1-2H2/b12-4-,21-13?;4-3-;;. The van der Waals surface area contributed by atoms with Gasteiger partial charge >= 0.3 is 0 Å². The molecular weight excluding hydrogens is 378 g/mol. The highest BCUT2D eigenvalue weighted by Crippen LogP contribution is 2.30. The molecule has 0 unspecified atom stereocenters. The molecule has 3 nitrogen and oxygen atoms in total. The summed E-state index contributed by atoms with van der Waals surface area (Å²) in [6.45, 7) is 19.4. The molecule has 172 valence electrons. The van der Waals surface area contributed by atoms with Crippen LogP contribution >= 0.6 is 0 Å². The van der Waals surface area contributed by atoms with E-state index in [2.05, 4.69) is 71.9 Å². The first-order valence-corrected chi connectivity index (χ1v) is 11.7. The third-order valence-corrected chi connectivity index (χ3v) is 4.93. The number of aryl methyl sites for hydroxylation is 1. The molecule has 0 bridgehead atoms. The van der Waals surface area contributed by atoms with Crippen LogP contribution in [0.2, 0.25) is 0 Å². The molecule has 2 aromatic rings. The predicted octanol–water partition coefficient (Wildman–Crippen LogP) is 7.81. The molecule has 0 saturated carbocycles. The predicted molar refractivity (Wildman–Crippen MR) is 142 cm³/mol. The van der Waals surface area contributed by atoms with Crippen LogP contribution in [-0.2, 0) is 19.5 Å². The van der Waals surface area contributed by atoms with E-state index in [4.69, 9.17) is 0 Å². The fourth-order valence-electron chi connectivity index (χ4n) is 3.43. The van der Waals surface area contributed by atoms with Gasteiger partial charge in [0.15, 0.2) is 0 Å². The van der Waals surface area contributed by atoms with Crippen molar-refractivity contribution in [2.75, 3.05) is 13.6 Å². The van der Waals surface area contributed by atoms with E-state index in [-0.39, 0.29) is 0 Å². The van der Waals surface area contributed by atoms with Crippen LogP contribution in [0, 0.1) is 0 Å². The maximum Gasteiger partial charge on any atom is 0.0485 e. The van der Waals surface area contributed by atoms with Crippen molar-refractivity contribution in [3.05, 3.63) is 73.1 Å². The van der Waals surface area contributed by atoms with E-state index < -0.39 is 0 Å². The van der Waals surface area contributed by atoms with Crippen molar-refractivity contribution in [2.45, 2.75) is 73.4 Å². The number of hydrogen-bond donors (Lipinski definition) is 0. The van der Waals surface area contributed by atoms with E-state index >= 15 is 0 Å². The van der Waals surface area contributed by atoms with Crippen molar-refractivity contribution in [3.63, 3.8) is 0 Å². The number of unbranched alkanes of at least 4 members (excludes halogenated alkanes) is 1. The summed E-state index contributed by atoms with van der Waals surface area (Å²) >= 11 is 0. The van der Waals surface area contributed by atoms with Crippen LogP contribution in [0.5, 0.6) is 0 Å². The van der Waals surface area contributed by atoms with E-state index in [1.807, 2.05) is 52.3 Å². The molecule has 0 fully saturated rings. The quantitative estimate of drug-likeness (QED) is 0.263. The van der Waals surface area contributed by atoms with E-state index in [1.165, 1.54) is 16.5 Å². The summed E-state index contributed by atoms with van der Waals surface area (Å²) in [4.78, 5) is 6.74. The highest BCUT2D eigenvalue weighted by molar-refractivity contribution is 5.85. The van der Waals surface area contributed by atoms with Crippen LogP contribution < -0.4 is 0 Å². The van der Waals surface area contributed by atoms with Gasteiger partial charge in [-0.1, -0.05) is 57.2 Å². The lowest BCUT2D eigenvalue weighted by atomic mass is 10.1. The van der Waals surface area contributed by atoms with Crippen LogP contribution in [0.4, 0.5) is 0 Å². The Bertz CT molecular complexity index is 792. The van der Waals surface area contributed by atoms with Gasteiger partial charge in [-0.3, -0.25) is 4.99 Å². The average Bonchev–Trinajstić information content (AvgIpc) is 3.14. The Morgan fingerprint density at radius 1 is 1.10 bits per heavy atom. The van der Waals surface area contributed by atoms with Gasteiger partial charge in [0.25, 0.3) is 0 Å². The zero-order chi connectivity index (χ0) is 23.5. The highest BCUT2D eigenvalue weighted by Gasteiger charge is 2.21. The van der Waals surface area contributed by atoms with Gasteiger partial charge in [0.2, 0.25) is 0 Å². The average molecular weight is 424 g/mol. The number of aromatic nitrogens is 1. The zero-order valence-electron chi connectivity index (χ0n) is 20.9. The molecule has 0 N–H and O–H groups in total. The topological polar surface area (TPSA) is 20.5 Å². The molecule has 0 radical (unpaired) electrons. The molecule has 0 saturated heterocycles. The zero-order valence-corrected chi connectivity index (χ0v) is 20.9. The summed E-state index contributed by atoms with van der Waals surface area (Å²) in [5.74, 6) is 0. The molecule has 1 aliphatic rings. The van der Waals surface area contributed by atoms with E-state index in [0.29, 0.717) is 0 Å². The van der Waals surface area contributed by atoms with E-state index in [1.54, 1.807) is 5.69 Å². The summed E-state index contributed by atoms with van der Waals surface area (Å²) in [5, 5.41) is 1.44. The Morgan fingerprint density at radius 3 is 2.42 bits per heavy atom. The van der Waals surface area contributed by atoms with Gasteiger partial charge < -0.3 is 9.47 Å². The third-order valence-electron chi connectivity index (χ3n) is 4.93. The van der Waals surface area contributed by atoms with Crippen LogP contribution in [0.25, 0.3) is 10.9 Å². The van der Waals surface area contributed by atoms with Gasteiger partial charge in [-0.2, -0.15) is 0 Å². The number of benzene rings is 1. The van der Waals surface area contributed by atoms with E-state index in [0.717, 1.165) is 45.3 Å². The second kappa shape index (κ2) is 18.4. The molecule has 3 heteroatoms. The van der Waals surface area contributed by atoms with Gasteiger partial charge in [-0.25, -0.2) is 0 Å². The largest absolute Gasteiger partial charge is 0.344 e. The number of nitrogens with zero attached hydrogens (tertiary/aromatic N) is 3. The fourth-order valence-corrected chi connectivity index (χ4v) is 3.43. The van der Waals surface area contributed by atoms with Crippen LogP contribution in [0.1, 0.15) is 65.1 Å². The minimum Gasteiger partial charge on any atom is -0.344 e. The van der Waals surface area contributed by atoms with Gasteiger partial charge in [0.1, 0.15) is 0 Å². The van der Waals surface area contributed by atoms with Crippen molar-refractivity contribution in [1.29, 1.82) is 0 Å². The SMILES string of the molecule is C/C=C\C.C=C.CC.CC/C=C\N=CCCCn1c2c(c3ccccc31)CN(C)CC2. The van der Waals surface area contributed by atoms with Gasteiger partial charge in [-0.15, -0.1) is 13.2 Å². The van der Waals surface area contributed by atoms with Crippen LogP contribution in [0.3, 0.4) is 0 Å². The van der Waals surface area contributed by atoms with Crippen molar-refractivity contribution < 1.29 is 0 Å². The molecule has 1 aliphatic heterocycles. The van der Waals surface area contributed by atoms with Crippen LogP contribution in [-0.4, -0.2) is 29.3 Å². The number of allylic oxidation sites excluding steroid dienone is 3. The lowest BCUT2D eigenvalue weighted by Gasteiger charge is -2.24. The van der Waals surface area contributed by atoms with Gasteiger partial charge in [0.05, 0.1) is 0 Å². The molecule has 0 aliphatic carbocycles. The molecule has 0 spiro atoms. The Hall–Kier alpha value is -2.39. The second-order valence-electron chi connectivity index (χ2n) is 7.02. The molecule has 0 amide bonds. The van der Waals surface area contributed by atoms with Crippen molar-refractivity contribution in [2.24, 2.45) is 4.99 Å². The Balaban J connectivity index is 0.000000992. The molecule has 0 atom stereocenters. The summed E-state index contributed by atoms with van der Waals surface area (Å²) in [6.07, 6.45) is 14.4. The number of para-hydroxylation sites is 1. The first kappa shape index (κ1) is 28.6. The van der Waals surface area contributed by atoms with E-state index in [9.17, 15) is 0 Å². The lowest BCUT2D eigenvalue weighted by Crippen LogP contribution is -2.27. The Labute approximate surface area is 191 Å². The molecule has 1 aromatic carbocycles. The lowest BCUT2D eigenvalue weighted by molar-refractivity contribution is 0.309. The monoisotopic (exact) mass is 423 g/mol. The first-order chi connectivity index (χ1) is 15.2. The first-order valence-electron chi connectivity index (χ1n) is 11.7. The number of aliphatic imine (C=N–C) groups is 1. The van der Waals surface area contributed by atoms with Crippen molar-refractivity contribution >= 4 is 17.1 Å². The van der Waals surface area contributed by atoms with Gasteiger partial charge in [-0.05, 0) is 51.8 Å². The summed E-state index contributed by atoms with van der Waals surface area (Å²) in [7, 11) is 2.22. The number of hydrogen-bond acceptors (Lipinski definition) is 2. The molecule has 2 heterocycles. The molecular formula is C28H45N3. The Kier molecular flexibility index (Phi) is 17.0. The molecule has 31 heavy (non-hydrogen) atoms. The number of likely N-dealkylation sites (N-methyl/N-ethyl adjacent to an activating group) is 1. The Morgan fingerprint density at radius 2 is 1.77 bits per heavy atom. The maximum absolute atomic E-state index is 4.32. The molecule has 3 rings (SSSR count). The second-order valence-corrected chi connectivity index (χ2v) is 7.02. The van der Waals surface area contributed by atoms with Crippen LogP contribution in [0.15, 0.2) is 66.8 Å². The number of fused-ring (bicyclic) bond motifs is 3.